The molecule has 3 heteroatoms. The zero-order chi connectivity index (χ0) is 18.5. The summed E-state index contributed by atoms with van der Waals surface area (Å²) in [5.41, 5.74) is 1.55. The first-order valence-corrected chi connectivity index (χ1v) is 10.7. The van der Waals surface area contributed by atoms with E-state index < -0.39 is 11.6 Å². The first kappa shape index (κ1) is 19.6. The number of rotatable bonds is 7. The Hall–Kier alpha value is -1.12. The zero-order valence-electron chi connectivity index (χ0n) is 16.5. The van der Waals surface area contributed by atoms with Crippen LogP contribution in [-0.2, 0) is 12.8 Å². The monoisotopic (exact) mass is 364 g/mol. The Labute approximate surface area is 157 Å². The maximum absolute atomic E-state index is 14.6. The van der Waals surface area contributed by atoms with Gasteiger partial charge in [-0.1, -0.05) is 52.4 Å². The molecular formula is C23H34F2O. The Morgan fingerprint density at radius 1 is 0.885 bits per heavy atom. The highest BCUT2D eigenvalue weighted by atomic mass is 19.2. The van der Waals surface area contributed by atoms with E-state index in [1.165, 1.54) is 25.7 Å². The lowest BCUT2D eigenvalue weighted by Crippen LogP contribution is -2.21. The van der Waals surface area contributed by atoms with Gasteiger partial charge in [-0.25, -0.2) is 4.39 Å². The minimum atomic E-state index is -0.777. The lowest BCUT2D eigenvalue weighted by atomic mass is 9.80. The second-order valence-corrected chi connectivity index (χ2v) is 8.52. The summed E-state index contributed by atoms with van der Waals surface area (Å²) < 4.78 is 34.9. The van der Waals surface area contributed by atoms with Gasteiger partial charge >= 0.3 is 0 Å². The predicted molar refractivity (Wildman–Crippen MR) is 103 cm³/mol. The molecule has 146 valence electrons. The predicted octanol–water partition coefficient (Wildman–Crippen LogP) is 6.86. The second kappa shape index (κ2) is 9.19. The molecule has 0 bridgehead atoms. The molecular weight excluding hydrogens is 330 g/mol. The number of aryl methyl sites for hydroxylation is 1. The molecule has 1 saturated carbocycles. The fourth-order valence-corrected chi connectivity index (χ4v) is 4.95. The quantitative estimate of drug-likeness (QED) is 0.514. The van der Waals surface area contributed by atoms with E-state index in [-0.39, 0.29) is 5.75 Å². The van der Waals surface area contributed by atoms with E-state index in [2.05, 4.69) is 13.8 Å². The van der Waals surface area contributed by atoms with E-state index in [4.69, 9.17) is 4.74 Å². The lowest BCUT2D eigenvalue weighted by Gasteiger charge is -2.29. The first-order chi connectivity index (χ1) is 12.6. The molecule has 1 fully saturated rings. The van der Waals surface area contributed by atoms with Crippen molar-refractivity contribution in [3.8, 4) is 5.75 Å². The van der Waals surface area contributed by atoms with Gasteiger partial charge in [0.1, 0.15) is 0 Å². The number of hydrogen-bond donors (Lipinski definition) is 0. The van der Waals surface area contributed by atoms with Crippen LogP contribution < -0.4 is 4.74 Å². The zero-order valence-corrected chi connectivity index (χ0v) is 16.5. The van der Waals surface area contributed by atoms with Crippen LogP contribution in [0.3, 0.4) is 0 Å². The van der Waals surface area contributed by atoms with Gasteiger partial charge in [-0.15, -0.1) is 0 Å². The fraction of sp³-hybridized carbons (Fsp3) is 0.739. The van der Waals surface area contributed by atoms with Crippen molar-refractivity contribution in [3.05, 3.63) is 28.8 Å². The third-order valence-electron chi connectivity index (χ3n) is 6.52. The van der Waals surface area contributed by atoms with E-state index in [9.17, 15) is 8.78 Å². The van der Waals surface area contributed by atoms with Crippen LogP contribution in [0.15, 0.2) is 6.07 Å². The molecule has 26 heavy (non-hydrogen) atoms. The largest absolute Gasteiger partial charge is 0.490 e. The Morgan fingerprint density at radius 3 is 2.23 bits per heavy atom. The Balaban J connectivity index is 1.60. The molecule has 0 radical (unpaired) electrons. The third-order valence-corrected chi connectivity index (χ3v) is 6.52. The minimum Gasteiger partial charge on any atom is -0.490 e. The molecule has 2 aliphatic carbocycles. The normalized spacial score (nSPS) is 25.8. The number of ether oxygens (including phenoxy) is 1. The minimum absolute atomic E-state index is 0.130. The third kappa shape index (κ3) is 4.58. The summed E-state index contributed by atoms with van der Waals surface area (Å²) >= 11 is 0. The van der Waals surface area contributed by atoms with Crippen molar-refractivity contribution in [2.75, 3.05) is 6.61 Å². The van der Waals surface area contributed by atoms with Gasteiger partial charge in [0.25, 0.3) is 0 Å². The van der Waals surface area contributed by atoms with E-state index >= 15 is 0 Å². The fourth-order valence-electron chi connectivity index (χ4n) is 4.95. The van der Waals surface area contributed by atoms with Crippen LogP contribution in [0.2, 0.25) is 0 Å². The van der Waals surface area contributed by atoms with Crippen molar-refractivity contribution >= 4 is 0 Å². The molecule has 2 aliphatic rings. The van der Waals surface area contributed by atoms with Crippen LogP contribution in [0.4, 0.5) is 8.78 Å². The molecule has 0 saturated heterocycles. The first-order valence-electron chi connectivity index (χ1n) is 10.7. The average Bonchev–Trinajstić information content (AvgIpc) is 2.65. The van der Waals surface area contributed by atoms with Crippen molar-refractivity contribution in [3.63, 3.8) is 0 Å². The standard InChI is InChI=1S/C23H34F2O/c1-3-5-16-7-9-18(10-8-16)15-26-21-14-19-12-11-17(6-4-2)13-20(19)22(24)23(21)25/h14,16-18H,3-13,15H2,1-2H3. The van der Waals surface area contributed by atoms with Gasteiger partial charge < -0.3 is 4.74 Å². The van der Waals surface area contributed by atoms with Crippen LogP contribution in [0, 0.1) is 29.4 Å². The number of benzene rings is 1. The maximum atomic E-state index is 14.6. The molecule has 1 aromatic carbocycles. The van der Waals surface area contributed by atoms with E-state index in [0.29, 0.717) is 30.4 Å². The van der Waals surface area contributed by atoms with Gasteiger partial charge in [-0.05, 0) is 67.1 Å². The van der Waals surface area contributed by atoms with Gasteiger partial charge in [-0.3, -0.25) is 0 Å². The van der Waals surface area contributed by atoms with E-state index in [1.54, 1.807) is 6.07 Å². The van der Waals surface area contributed by atoms with Crippen molar-refractivity contribution in [2.45, 2.75) is 84.5 Å². The maximum Gasteiger partial charge on any atom is 0.200 e. The summed E-state index contributed by atoms with van der Waals surface area (Å²) in [5.74, 6) is 0.517. The summed E-state index contributed by atoms with van der Waals surface area (Å²) in [6.45, 7) is 4.92. The van der Waals surface area contributed by atoms with Crippen molar-refractivity contribution in [1.82, 2.24) is 0 Å². The molecule has 0 aromatic heterocycles. The Kier molecular flexibility index (Phi) is 6.94. The molecule has 0 aliphatic heterocycles. The van der Waals surface area contributed by atoms with Crippen LogP contribution >= 0.6 is 0 Å². The summed E-state index contributed by atoms with van der Waals surface area (Å²) in [5, 5.41) is 0. The van der Waals surface area contributed by atoms with Gasteiger partial charge in [0.05, 0.1) is 6.61 Å². The van der Waals surface area contributed by atoms with Crippen molar-refractivity contribution in [1.29, 1.82) is 0 Å². The second-order valence-electron chi connectivity index (χ2n) is 8.52. The SMILES string of the molecule is CCCC1CCC(COc2cc3c(c(F)c2F)CC(CCC)CC3)CC1. The average molecular weight is 365 g/mol. The number of hydrogen-bond acceptors (Lipinski definition) is 1. The summed E-state index contributed by atoms with van der Waals surface area (Å²) in [6.07, 6.45) is 12.2. The van der Waals surface area contributed by atoms with Crippen LogP contribution in [0.1, 0.15) is 82.8 Å². The lowest BCUT2D eigenvalue weighted by molar-refractivity contribution is 0.173. The molecule has 0 heterocycles. The molecule has 1 unspecified atom stereocenters. The molecule has 1 aromatic rings. The molecule has 1 nitrogen and oxygen atoms in total. The summed E-state index contributed by atoms with van der Waals surface area (Å²) in [7, 11) is 0. The highest BCUT2D eigenvalue weighted by molar-refractivity contribution is 5.40. The molecule has 3 rings (SSSR count). The number of fused-ring (bicyclic) bond motifs is 1. The highest BCUT2D eigenvalue weighted by Gasteiger charge is 2.27. The van der Waals surface area contributed by atoms with Crippen LogP contribution in [-0.4, -0.2) is 6.61 Å². The summed E-state index contributed by atoms with van der Waals surface area (Å²) in [6, 6.07) is 1.78. The molecule has 1 atom stereocenters. The van der Waals surface area contributed by atoms with E-state index in [1.807, 2.05) is 0 Å². The molecule has 0 amide bonds. The highest BCUT2D eigenvalue weighted by Crippen LogP contribution is 2.36. The van der Waals surface area contributed by atoms with Gasteiger partial charge in [0, 0.05) is 0 Å². The van der Waals surface area contributed by atoms with Crippen LogP contribution in [0.5, 0.6) is 5.75 Å². The molecule has 0 spiro atoms. The summed E-state index contributed by atoms with van der Waals surface area (Å²) in [4.78, 5) is 0. The van der Waals surface area contributed by atoms with Crippen LogP contribution in [0.25, 0.3) is 0 Å². The number of halogens is 2. The topological polar surface area (TPSA) is 9.23 Å². The smallest absolute Gasteiger partial charge is 0.200 e. The van der Waals surface area contributed by atoms with Gasteiger partial charge in [0.2, 0.25) is 5.82 Å². The van der Waals surface area contributed by atoms with Crippen molar-refractivity contribution in [2.24, 2.45) is 17.8 Å². The van der Waals surface area contributed by atoms with Gasteiger partial charge in [-0.2, -0.15) is 4.39 Å². The van der Waals surface area contributed by atoms with Gasteiger partial charge in [0.15, 0.2) is 11.6 Å². The van der Waals surface area contributed by atoms with Crippen molar-refractivity contribution < 1.29 is 13.5 Å². The Morgan fingerprint density at radius 2 is 1.54 bits per heavy atom. The Bertz CT molecular complexity index is 590. The van der Waals surface area contributed by atoms with E-state index in [0.717, 1.165) is 50.0 Å². The molecule has 0 N–H and O–H groups in total.